The summed E-state index contributed by atoms with van der Waals surface area (Å²) in [6.07, 6.45) is 1.18. The van der Waals surface area contributed by atoms with E-state index >= 15 is 0 Å². The number of hydrogen-bond donors (Lipinski definition) is 1. The highest BCUT2D eigenvalue weighted by molar-refractivity contribution is 5.72. The smallest absolute Gasteiger partial charge is 0.192 e. The number of aldehydes is 1. The monoisotopic (exact) mass is 97.1 g/mol. The number of hydrogen-bond acceptors (Lipinski definition) is 2. The number of carbonyl (C=O) groups excluding carboxylic acids is 1. The topological polar surface area (TPSA) is 43.1 Å². The van der Waals surface area contributed by atoms with Crippen molar-refractivity contribution in [2.24, 2.45) is 5.73 Å². The normalized spacial score (nSPS) is 6.43. The Kier molecular flexibility index (Phi) is 4.59. The predicted octanol–water partition coefficient (Wildman–Crippen LogP) is -0.462. The SMILES string of the molecule is NCCC#CC=O. The summed E-state index contributed by atoms with van der Waals surface area (Å²) in [7, 11) is 0. The maximum Gasteiger partial charge on any atom is 0.192 e. The maximum atomic E-state index is 9.47. The molecular formula is C5H7NO. The molecule has 0 atom stereocenters. The van der Waals surface area contributed by atoms with Crippen molar-refractivity contribution in [3.63, 3.8) is 0 Å². The summed E-state index contributed by atoms with van der Waals surface area (Å²) >= 11 is 0. The van der Waals surface area contributed by atoms with Crippen molar-refractivity contribution in [1.82, 2.24) is 0 Å². The Hall–Kier alpha value is -0.810. The van der Waals surface area contributed by atoms with Crippen molar-refractivity contribution in [3.8, 4) is 11.8 Å². The summed E-state index contributed by atoms with van der Waals surface area (Å²) in [6, 6.07) is 0. The van der Waals surface area contributed by atoms with Gasteiger partial charge in [-0.1, -0.05) is 5.92 Å². The Bertz CT molecular complexity index is 98.4. The van der Waals surface area contributed by atoms with E-state index in [-0.39, 0.29) is 0 Å². The van der Waals surface area contributed by atoms with Gasteiger partial charge < -0.3 is 5.73 Å². The molecule has 0 aromatic carbocycles. The molecule has 0 aromatic heterocycles. The molecule has 0 rings (SSSR count). The lowest BCUT2D eigenvalue weighted by Gasteiger charge is -1.72. The van der Waals surface area contributed by atoms with Crippen molar-refractivity contribution in [2.75, 3.05) is 6.54 Å². The van der Waals surface area contributed by atoms with E-state index in [1.165, 1.54) is 0 Å². The summed E-state index contributed by atoms with van der Waals surface area (Å²) in [5.74, 6) is 4.78. The lowest BCUT2D eigenvalue weighted by molar-refractivity contribution is -0.103. The minimum absolute atomic E-state index is 0.529. The molecule has 0 unspecified atom stereocenters. The third-order valence-electron chi connectivity index (χ3n) is 0.430. The minimum atomic E-state index is 0.529. The number of nitrogens with two attached hydrogens (primary N) is 1. The largest absolute Gasteiger partial charge is 0.330 e. The highest BCUT2D eigenvalue weighted by atomic mass is 16.1. The standard InChI is InChI=1S/C5H7NO/c6-4-2-1-3-5-7/h5H,2,4,6H2. The molecule has 7 heavy (non-hydrogen) atoms. The third kappa shape index (κ3) is 5.19. The van der Waals surface area contributed by atoms with Gasteiger partial charge in [0.25, 0.3) is 0 Å². The number of rotatable bonds is 1. The molecule has 0 radical (unpaired) electrons. The van der Waals surface area contributed by atoms with Crippen LogP contribution in [0.4, 0.5) is 0 Å². The first kappa shape index (κ1) is 6.19. The van der Waals surface area contributed by atoms with E-state index in [0.717, 1.165) is 0 Å². The maximum absolute atomic E-state index is 9.47. The van der Waals surface area contributed by atoms with Crippen LogP contribution in [0, 0.1) is 11.8 Å². The highest BCUT2D eigenvalue weighted by Gasteiger charge is 1.65. The van der Waals surface area contributed by atoms with Gasteiger partial charge in [-0.2, -0.15) is 0 Å². The Balaban J connectivity index is 3.07. The fourth-order valence-electron chi connectivity index (χ4n) is 0.186. The summed E-state index contributed by atoms with van der Waals surface area (Å²) in [4.78, 5) is 9.47. The molecule has 0 saturated carbocycles. The van der Waals surface area contributed by atoms with Gasteiger partial charge in [-0.25, -0.2) is 0 Å². The molecular weight excluding hydrogens is 90.1 g/mol. The zero-order valence-electron chi connectivity index (χ0n) is 3.98. The van der Waals surface area contributed by atoms with Crippen molar-refractivity contribution < 1.29 is 4.79 Å². The molecule has 2 nitrogen and oxygen atoms in total. The van der Waals surface area contributed by atoms with Gasteiger partial charge in [0.15, 0.2) is 6.29 Å². The van der Waals surface area contributed by atoms with Crippen LogP contribution >= 0.6 is 0 Å². The van der Waals surface area contributed by atoms with Gasteiger partial charge in [-0.3, -0.25) is 4.79 Å². The van der Waals surface area contributed by atoms with E-state index in [0.29, 0.717) is 19.3 Å². The molecule has 0 aliphatic heterocycles. The second-order valence-electron chi connectivity index (χ2n) is 0.978. The molecule has 0 amide bonds. The molecule has 0 aromatic rings. The van der Waals surface area contributed by atoms with E-state index in [1.54, 1.807) is 0 Å². The fourth-order valence-corrected chi connectivity index (χ4v) is 0.186. The second-order valence-corrected chi connectivity index (χ2v) is 0.978. The first-order chi connectivity index (χ1) is 3.41. The van der Waals surface area contributed by atoms with Crippen LogP contribution < -0.4 is 5.73 Å². The van der Waals surface area contributed by atoms with E-state index < -0.39 is 0 Å². The molecule has 0 aliphatic rings. The lowest BCUT2D eigenvalue weighted by Crippen LogP contribution is -1.95. The van der Waals surface area contributed by atoms with Gasteiger partial charge in [0.05, 0.1) is 0 Å². The van der Waals surface area contributed by atoms with Gasteiger partial charge in [0, 0.05) is 13.0 Å². The quantitative estimate of drug-likeness (QED) is 0.355. The van der Waals surface area contributed by atoms with Gasteiger partial charge in [-0.15, -0.1) is 0 Å². The molecule has 2 heteroatoms. The average Bonchev–Trinajstić information content (AvgIpc) is 1.69. The van der Waals surface area contributed by atoms with Crippen LogP contribution in [0.2, 0.25) is 0 Å². The van der Waals surface area contributed by atoms with Crippen LogP contribution in [0.25, 0.3) is 0 Å². The van der Waals surface area contributed by atoms with Crippen LogP contribution in [0.5, 0.6) is 0 Å². The Labute approximate surface area is 42.7 Å². The Morgan fingerprint density at radius 3 is 2.86 bits per heavy atom. The van der Waals surface area contributed by atoms with E-state index in [1.807, 2.05) is 0 Å². The van der Waals surface area contributed by atoms with Gasteiger partial charge >= 0.3 is 0 Å². The third-order valence-corrected chi connectivity index (χ3v) is 0.430. The van der Waals surface area contributed by atoms with Crippen molar-refractivity contribution in [2.45, 2.75) is 6.42 Å². The zero-order valence-corrected chi connectivity index (χ0v) is 3.98. The molecule has 0 aliphatic carbocycles. The summed E-state index contributed by atoms with van der Waals surface area (Å²) in [5, 5.41) is 0. The van der Waals surface area contributed by atoms with Crippen molar-refractivity contribution >= 4 is 6.29 Å². The fraction of sp³-hybridized carbons (Fsp3) is 0.400. The van der Waals surface area contributed by atoms with E-state index in [4.69, 9.17) is 5.73 Å². The molecule has 0 heterocycles. The molecule has 0 fully saturated rings. The van der Waals surface area contributed by atoms with Crippen LogP contribution in [0.3, 0.4) is 0 Å². The van der Waals surface area contributed by atoms with Gasteiger partial charge in [0.2, 0.25) is 0 Å². The van der Waals surface area contributed by atoms with Crippen molar-refractivity contribution in [3.05, 3.63) is 0 Å². The molecule has 0 spiro atoms. The predicted molar refractivity (Wildman–Crippen MR) is 27.5 cm³/mol. The van der Waals surface area contributed by atoms with E-state index in [9.17, 15) is 4.79 Å². The lowest BCUT2D eigenvalue weighted by atomic mass is 10.4. The average molecular weight is 97.1 g/mol. The zero-order chi connectivity index (χ0) is 5.54. The Morgan fingerprint density at radius 2 is 2.43 bits per heavy atom. The molecule has 0 bridgehead atoms. The molecule has 2 N–H and O–H groups in total. The highest BCUT2D eigenvalue weighted by Crippen LogP contribution is 1.62. The minimum Gasteiger partial charge on any atom is -0.330 e. The van der Waals surface area contributed by atoms with Crippen molar-refractivity contribution in [1.29, 1.82) is 0 Å². The Morgan fingerprint density at radius 1 is 1.71 bits per heavy atom. The second kappa shape index (κ2) is 5.19. The molecule has 0 saturated heterocycles. The number of carbonyl (C=O) groups is 1. The summed E-state index contributed by atoms with van der Waals surface area (Å²) in [6.45, 7) is 0.529. The summed E-state index contributed by atoms with van der Waals surface area (Å²) in [5.41, 5.74) is 5.05. The molecule has 38 valence electrons. The van der Waals surface area contributed by atoms with Gasteiger partial charge in [-0.05, 0) is 5.92 Å². The van der Waals surface area contributed by atoms with Crippen LogP contribution in [0.1, 0.15) is 6.42 Å². The van der Waals surface area contributed by atoms with Crippen LogP contribution in [-0.4, -0.2) is 12.8 Å². The van der Waals surface area contributed by atoms with Crippen LogP contribution in [-0.2, 0) is 4.79 Å². The van der Waals surface area contributed by atoms with Gasteiger partial charge in [0.1, 0.15) is 0 Å². The summed E-state index contributed by atoms with van der Waals surface area (Å²) < 4.78 is 0. The first-order valence-electron chi connectivity index (χ1n) is 2.04. The first-order valence-corrected chi connectivity index (χ1v) is 2.04. The van der Waals surface area contributed by atoms with Crippen LogP contribution in [0.15, 0.2) is 0 Å². The van der Waals surface area contributed by atoms with E-state index in [2.05, 4.69) is 11.8 Å².